The number of carbonyl (C=O) groups is 4. The fourth-order valence-corrected chi connectivity index (χ4v) is 2.34. The third-order valence-electron chi connectivity index (χ3n) is 3.43. The Morgan fingerprint density at radius 3 is 1.86 bits per heavy atom. The molecule has 0 bridgehead atoms. The number of halogens is 1. The first-order valence-corrected chi connectivity index (χ1v) is 8.27. The summed E-state index contributed by atoms with van der Waals surface area (Å²) in [5, 5.41) is 5.06. The van der Waals surface area contributed by atoms with E-state index in [1.165, 1.54) is 56.3 Å². The molecule has 8 nitrogen and oxygen atoms in total. The van der Waals surface area contributed by atoms with Gasteiger partial charge in [0, 0.05) is 30.8 Å². The molecule has 9 heteroatoms. The fraction of sp³-hybridized carbons (Fsp3) is 0.158. The lowest BCUT2D eigenvalue weighted by Crippen LogP contribution is -2.42. The van der Waals surface area contributed by atoms with Gasteiger partial charge in [-0.3, -0.25) is 30.0 Å². The molecule has 0 aromatic heterocycles. The van der Waals surface area contributed by atoms with Crippen molar-refractivity contribution in [2.75, 3.05) is 10.6 Å². The Kier molecular flexibility index (Phi) is 6.80. The molecule has 2 aromatic carbocycles. The van der Waals surface area contributed by atoms with Gasteiger partial charge in [-0.1, -0.05) is 12.1 Å². The molecular weight excluding hydrogens is 367 g/mol. The van der Waals surface area contributed by atoms with E-state index < -0.39 is 17.6 Å². The average Bonchev–Trinajstić information content (AvgIpc) is 2.60. The lowest BCUT2D eigenvalue weighted by atomic mass is 10.1. The van der Waals surface area contributed by atoms with E-state index in [0.29, 0.717) is 16.9 Å². The summed E-state index contributed by atoms with van der Waals surface area (Å²) in [6.07, 6.45) is -0.0520. The molecule has 0 spiro atoms. The maximum absolute atomic E-state index is 12.9. The molecule has 146 valence electrons. The number of hydrazine groups is 1. The monoisotopic (exact) mass is 386 g/mol. The number of rotatable bonds is 5. The van der Waals surface area contributed by atoms with Crippen molar-refractivity contribution in [3.05, 3.63) is 59.4 Å². The first-order valence-electron chi connectivity index (χ1n) is 8.27. The minimum Gasteiger partial charge on any atom is -0.326 e. The van der Waals surface area contributed by atoms with Crippen molar-refractivity contribution in [2.24, 2.45) is 0 Å². The highest BCUT2D eigenvalue weighted by atomic mass is 19.1. The minimum atomic E-state index is -0.647. The zero-order valence-corrected chi connectivity index (χ0v) is 15.3. The fourth-order valence-electron chi connectivity index (χ4n) is 2.34. The van der Waals surface area contributed by atoms with Gasteiger partial charge in [0.15, 0.2) is 0 Å². The molecule has 0 saturated heterocycles. The summed E-state index contributed by atoms with van der Waals surface area (Å²) in [7, 11) is 0. The molecule has 0 saturated carbocycles. The van der Waals surface area contributed by atoms with E-state index in [4.69, 9.17) is 0 Å². The lowest BCUT2D eigenvalue weighted by Gasteiger charge is -2.12. The molecule has 0 aliphatic heterocycles. The number of hydrogen-bond donors (Lipinski definition) is 4. The normalized spacial score (nSPS) is 9.96. The van der Waals surface area contributed by atoms with Gasteiger partial charge in [-0.25, -0.2) is 4.39 Å². The molecule has 0 aliphatic carbocycles. The largest absolute Gasteiger partial charge is 0.326 e. The number of carbonyl (C=O) groups excluding carboxylic acids is 4. The van der Waals surface area contributed by atoms with Crippen LogP contribution in [0.4, 0.5) is 15.8 Å². The Hall–Kier alpha value is -3.75. The molecule has 28 heavy (non-hydrogen) atoms. The predicted octanol–water partition coefficient (Wildman–Crippen LogP) is 1.75. The molecule has 2 rings (SSSR count). The third kappa shape index (κ3) is 6.52. The van der Waals surface area contributed by atoms with Crippen LogP contribution >= 0.6 is 0 Å². The highest BCUT2D eigenvalue weighted by Gasteiger charge is 2.12. The van der Waals surface area contributed by atoms with E-state index in [0.717, 1.165) is 0 Å². The Morgan fingerprint density at radius 2 is 1.36 bits per heavy atom. The zero-order chi connectivity index (χ0) is 20.7. The van der Waals surface area contributed by atoms with Crippen LogP contribution in [0.2, 0.25) is 0 Å². The number of nitrogens with one attached hydrogen (secondary N) is 4. The maximum atomic E-state index is 12.9. The van der Waals surface area contributed by atoms with E-state index in [1.807, 2.05) is 0 Å². The number of benzene rings is 2. The van der Waals surface area contributed by atoms with Crippen molar-refractivity contribution in [1.82, 2.24) is 10.9 Å². The van der Waals surface area contributed by atoms with Gasteiger partial charge in [0.25, 0.3) is 5.91 Å². The van der Waals surface area contributed by atoms with Gasteiger partial charge in [-0.05, 0) is 35.9 Å². The molecule has 0 radical (unpaired) electrons. The van der Waals surface area contributed by atoms with Crippen LogP contribution in [-0.4, -0.2) is 23.6 Å². The summed E-state index contributed by atoms with van der Waals surface area (Å²) >= 11 is 0. The van der Waals surface area contributed by atoms with Crippen LogP contribution in [0.3, 0.4) is 0 Å². The predicted molar refractivity (Wildman–Crippen MR) is 101 cm³/mol. The van der Waals surface area contributed by atoms with Crippen molar-refractivity contribution < 1.29 is 23.6 Å². The molecular formula is C19H19FN4O4. The number of hydrogen-bond acceptors (Lipinski definition) is 4. The molecule has 0 fully saturated rings. The quantitative estimate of drug-likeness (QED) is 0.586. The van der Waals surface area contributed by atoms with Gasteiger partial charge in [0.1, 0.15) is 5.82 Å². The van der Waals surface area contributed by atoms with E-state index in [-0.39, 0.29) is 23.8 Å². The second kappa shape index (κ2) is 9.26. The molecule has 0 aliphatic rings. The summed E-state index contributed by atoms with van der Waals surface area (Å²) < 4.78 is 12.9. The van der Waals surface area contributed by atoms with Crippen LogP contribution < -0.4 is 21.5 Å². The number of anilines is 2. The summed E-state index contributed by atoms with van der Waals surface area (Å²) in [5.41, 5.74) is 5.81. The Morgan fingerprint density at radius 1 is 0.821 bits per heavy atom. The van der Waals surface area contributed by atoms with Crippen LogP contribution in [0.25, 0.3) is 0 Å². The Labute approximate surface area is 160 Å². The second-order valence-electron chi connectivity index (χ2n) is 5.97. The maximum Gasteiger partial charge on any atom is 0.269 e. The summed E-state index contributed by atoms with van der Waals surface area (Å²) in [6.45, 7) is 2.61. The van der Waals surface area contributed by atoms with Crippen molar-refractivity contribution in [3.63, 3.8) is 0 Å². The third-order valence-corrected chi connectivity index (χ3v) is 3.43. The number of amides is 4. The first-order chi connectivity index (χ1) is 13.2. The smallest absolute Gasteiger partial charge is 0.269 e. The lowest BCUT2D eigenvalue weighted by molar-refractivity contribution is -0.121. The molecule has 4 amide bonds. The Balaban J connectivity index is 2.05. The van der Waals surface area contributed by atoms with Crippen molar-refractivity contribution in [2.45, 2.75) is 20.3 Å². The second-order valence-corrected chi connectivity index (χ2v) is 5.97. The van der Waals surface area contributed by atoms with Gasteiger partial charge in [0.2, 0.25) is 17.7 Å². The molecule has 0 heterocycles. The highest BCUT2D eigenvalue weighted by molar-refractivity contribution is 6.00. The average molecular weight is 386 g/mol. The van der Waals surface area contributed by atoms with Crippen LogP contribution in [0.15, 0.2) is 42.5 Å². The first kappa shape index (κ1) is 20.6. The molecule has 0 unspecified atom stereocenters. The highest BCUT2D eigenvalue weighted by Crippen LogP contribution is 2.19. The Bertz CT molecular complexity index is 878. The molecule has 0 atom stereocenters. The van der Waals surface area contributed by atoms with Gasteiger partial charge in [-0.2, -0.15) is 0 Å². The van der Waals surface area contributed by atoms with E-state index in [2.05, 4.69) is 21.5 Å². The van der Waals surface area contributed by atoms with Gasteiger partial charge < -0.3 is 10.6 Å². The van der Waals surface area contributed by atoms with Crippen LogP contribution in [0.1, 0.15) is 29.8 Å². The summed E-state index contributed by atoms with van der Waals surface area (Å²) in [4.78, 5) is 46.8. The SMILES string of the molecule is CC(=O)Nc1cc(NC(C)=O)cc(C(=O)NNC(=O)Cc2ccc(F)cc2)c1. The van der Waals surface area contributed by atoms with Gasteiger partial charge >= 0.3 is 0 Å². The molecule has 2 aromatic rings. The summed E-state index contributed by atoms with van der Waals surface area (Å²) in [5.74, 6) is -2.25. The summed E-state index contributed by atoms with van der Waals surface area (Å²) in [6, 6.07) is 9.69. The van der Waals surface area contributed by atoms with Crippen molar-refractivity contribution in [1.29, 1.82) is 0 Å². The minimum absolute atomic E-state index is 0.0520. The van der Waals surface area contributed by atoms with E-state index in [9.17, 15) is 23.6 Å². The standard InChI is InChI=1S/C19H19FN4O4/c1-11(25)21-16-8-14(9-17(10-16)22-12(2)26)19(28)24-23-18(27)7-13-3-5-15(20)6-4-13/h3-6,8-10H,7H2,1-2H3,(H,21,25)(H,22,26)(H,23,27)(H,24,28). The van der Waals surface area contributed by atoms with Gasteiger partial charge in [0.05, 0.1) is 6.42 Å². The van der Waals surface area contributed by atoms with Crippen LogP contribution in [0.5, 0.6) is 0 Å². The van der Waals surface area contributed by atoms with E-state index in [1.54, 1.807) is 0 Å². The van der Waals surface area contributed by atoms with Crippen LogP contribution in [0, 0.1) is 5.82 Å². The van der Waals surface area contributed by atoms with Crippen molar-refractivity contribution >= 4 is 35.0 Å². The topological polar surface area (TPSA) is 116 Å². The van der Waals surface area contributed by atoms with Crippen LogP contribution in [-0.2, 0) is 20.8 Å². The van der Waals surface area contributed by atoms with Crippen molar-refractivity contribution in [3.8, 4) is 0 Å². The molecule has 4 N–H and O–H groups in total. The van der Waals surface area contributed by atoms with E-state index >= 15 is 0 Å². The van der Waals surface area contributed by atoms with Gasteiger partial charge in [-0.15, -0.1) is 0 Å². The zero-order valence-electron chi connectivity index (χ0n) is 15.3.